The summed E-state index contributed by atoms with van der Waals surface area (Å²) < 4.78 is 1.68. The van der Waals surface area contributed by atoms with E-state index < -0.39 is 5.97 Å². The molecule has 0 N–H and O–H groups in total. The molecule has 1 aromatic carbocycles. The smallest absolute Gasteiger partial charge is 0.159 e. The molecule has 6 nitrogen and oxygen atoms in total. The fourth-order valence-electron chi connectivity index (χ4n) is 2.75. The Hall–Kier alpha value is -3.54. The van der Waals surface area contributed by atoms with Crippen molar-refractivity contribution in [1.82, 2.24) is 19.7 Å². The van der Waals surface area contributed by atoms with Crippen molar-refractivity contribution in [2.45, 2.75) is 6.54 Å². The van der Waals surface area contributed by atoms with Gasteiger partial charge in [0.15, 0.2) is 5.65 Å². The lowest BCUT2D eigenvalue weighted by Gasteiger charge is -2.09. The van der Waals surface area contributed by atoms with Gasteiger partial charge in [-0.3, -0.25) is 4.98 Å². The molecule has 122 valence electrons. The average Bonchev–Trinajstić information content (AvgIpc) is 3.05. The summed E-state index contributed by atoms with van der Waals surface area (Å²) in [7, 11) is 0. The number of pyridine rings is 2. The lowest BCUT2D eigenvalue weighted by atomic mass is 10.1. The minimum Gasteiger partial charge on any atom is -0.545 e. The average molecular weight is 329 g/mol. The van der Waals surface area contributed by atoms with Crippen molar-refractivity contribution in [2.75, 3.05) is 0 Å². The molecule has 3 aromatic heterocycles. The van der Waals surface area contributed by atoms with Gasteiger partial charge in [-0.15, -0.1) is 0 Å². The predicted octanol–water partition coefficient (Wildman–Crippen LogP) is 1.91. The Morgan fingerprint density at radius 3 is 2.56 bits per heavy atom. The van der Waals surface area contributed by atoms with Gasteiger partial charge in [-0.25, -0.2) is 9.67 Å². The molecular formula is C19H13N4O2-. The van der Waals surface area contributed by atoms with E-state index in [0.29, 0.717) is 23.3 Å². The Morgan fingerprint density at radius 1 is 1.08 bits per heavy atom. The first-order valence-electron chi connectivity index (χ1n) is 7.74. The largest absolute Gasteiger partial charge is 0.545 e. The summed E-state index contributed by atoms with van der Waals surface area (Å²) in [5.74, 6) is -1.24. The number of hydrogen-bond donors (Lipinski definition) is 0. The van der Waals surface area contributed by atoms with E-state index >= 15 is 0 Å². The fraction of sp³-hybridized carbons (Fsp3) is 0.0526. The Kier molecular flexibility index (Phi) is 3.70. The molecule has 0 amide bonds. The van der Waals surface area contributed by atoms with Gasteiger partial charge in [0, 0.05) is 28.9 Å². The van der Waals surface area contributed by atoms with Gasteiger partial charge < -0.3 is 9.90 Å². The zero-order valence-corrected chi connectivity index (χ0v) is 13.2. The number of aromatic nitrogens is 4. The minimum absolute atomic E-state index is 0.0878. The summed E-state index contributed by atoms with van der Waals surface area (Å²) in [6, 6.07) is 14.7. The molecule has 0 fully saturated rings. The molecule has 0 bridgehead atoms. The Bertz CT molecular complexity index is 1040. The molecule has 4 aromatic rings. The number of nitrogens with zero attached hydrogens (tertiary/aromatic N) is 4. The second kappa shape index (κ2) is 6.16. The normalized spacial score (nSPS) is 10.9. The number of aromatic carboxylic acids is 1. The van der Waals surface area contributed by atoms with E-state index in [1.165, 1.54) is 12.3 Å². The van der Waals surface area contributed by atoms with Crippen LogP contribution in [0.4, 0.5) is 0 Å². The summed E-state index contributed by atoms with van der Waals surface area (Å²) in [6.07, 6.45) is 4.93. The quantitative estimate of drug-likeness (QED) is 0.571. The van der Waals surface area contributed by atoms with Gasteiger partial charge in [0.1, 0.15) is 0 Å². The summed E-state index contributed by atoms with van der Waals surface area (Å²) in [5, 5.41) is 16.4. The first-order chi connectivity index (χ1) is 12.2. The summed E-state index contributed by atoms with van der Waals surface area (Å²) in [5.41, 5.74) is 3.01. The van der Waals surface area contributed by atoms with Gasteiger partial charge in [0.05, 0.1) is 24.4 Å². The Morgan fingerprint density at radius 2 is 1.84 bits per heavy atom. The molecule has 0 unspecified atom stereocenters. The van der Waals surface area contributed by atoms with Crippen LogP contribution in [0.5, 0.6) is 0 Å². The zero-order valence-electron chi connectivity index (χ0n) is 13.2. The van der Waals surface area contributed by atoms with Crippen LogP contribution in [0.15, 0.2) is 67.1 Å². The van der Waals surface area contributed by atoms with Gasteiger partial charge >= 0.3 is 0 Å². The summed E-state index contributed by atoms with van der Waals surface area (Å²) in [4.78, 5) is 20.2. The van der Waals surface area contributed by atoms with E-state index in [1.807, 2.05) is 42.5 Å². The third kappa shape index (κ3) is 2.85. The lowest BCUT2D eigenvalue weighted by molar-refractivity contribution is -0.254. The van der Waals surface area contributed by atoms with Crippen LogP contribution in [0.3, 0.4) is 0 Å². The maximum atomic E-state index is 11.6. The van der Waals surface area contributed by atoms with Crippen molar-refractivity contribution >= 4 is 17.0 Å². The molecule has 0 aliphatic rings. The highest BCUT2D eigenvalue weighted by atomic mass is 16.4. The number of benzene rings is 1. The molecule has 0 aliphatic carbocycles. The summed E-state index contributed by atoms with van der Waals surface area (Å²) in [6.45, 7) is 0.476. The SMILES string of the molecule is O=C([O-])c1cc(-c2ccccc2)nc2c1cnn2Cc1ccncc1. The Balaban J connectivity index is 1.89. The number of carbonyl (C=O) groups is 1. The van der Waals surface area contributed by atoms with Crippen molar-refractivity contribution in [2.24, 2.45) is 0 Å². The van der Waals surface area contributed by atoms with E-state index in [9.17, 15) is 9.90 Å². The van der Waals surface area contributed by atoms with Gasteiger partial charge in [0.25, 0.3) is 0 Å². The topological polar surface area (TPSA) is 83.7 Å². The van der Waals surface area contributed by atoms with Crippen molar-refractivity contribution in [3.05, 3.63) is 78.2 Å². The standard InChI is InChI=1S/C19H14N4O2/c24-19(25)15-10-17(14-4-2-1-3-5-14)22-18-16(15)11-21-23(18)12-13-6-8-20-9-7-13/h1-11H,12H2,(H,24,25)/p-1. The maximum absolute atomic E-state index is 11.6. The second-order valence-corrected chi connectivity index (χ2v) is 5.60. The van der Waals surface area contributed by atoms with Gasteiger partial charge in [0.2, 0.25) is 0 Å². The first-order valence-corrected chi connectivity index (χ1v) is 7.74. The zero-order chi connectivity index (χ0) is 17.2. The number of carboxylic acids is 1. The van der Waals surface area contributed by atoms with E-state index in [2.05, 4.69) is 15.1 Å². The Labute approximate surface area is 143 Å². The van der Waals surface area contributed by atoms with Gasteiger partial charge in [-0.2, -0.15) is 5.10 Å². The molecule has 25 heavy (non-hydrogen) atoms. The number of carbonyl (C=O) groups excluding carboxylic acids is 1. The van der Waals surface area contributed by atoms with Crippen molar-refractivity contribution in [3.63, 3.8) is 0 Å². The van der Waals surface area contributed by atoms with Crippen LogP contribution in [0, 0.1) is 0 Å². The molecule has 0 saturated heterocycles. The number of fused-ring (bicyclic) bond motifs is 1. The molecule has 6 heteroatoms. The molecule has 0 radical (unpaired) electrons. The van der Waals surface area contributed by atoms with Crippen molar-refractivity contribution < 1.29 is 9.90 Å². The van der Waals surface area contributed by atoms with Crippen molar-refractivity contribution in [3.8, 4) is 11.3 Å². The van der Waals surface area contributed by atoms with Crippen LogP contribution in [0.2, 0.25) is 0 Å². The fourth-order valence-corrected chi connectivity index (χ4v) is 2.75. The minimum atomic E-state index is -1.24. The van der Waals surface area contributed by atoms with E-state index in [0.717, 1.165) is 11.1 Å². The van der Waals surface area contributed by atoms with E-state index in [4.69, 9.17) is 0 Å². The maximum Gasteiger partial charge on any atom is 0.159 e. The van der Waals surface area contributed by atoms with Crippen LogP contribution < -0.4 is 5.11 Å². The predicted molar refractivity (Wildman–Crippen MR) is 90.6 cm³/mol. The van der Waals surface area contributed by atoms with Crippen LogP contribution in [-0.2, 0) is 6.54 Å². The van der Waals surface area contributed by atoms with Crippen LogP contribution in [0.1, 0.15) is 15.9 Å². The molecule has 0 aliphatic heterocycles. The molecule has 0 atom stereocenters. The molecule has 0 saturated carbocycles. The van der Waals surface area contributed by atoms with Crippen molar-refractivity contribution in [1.29, 1.82) is 0 Å². The molecule has 0 spiro atoms. The highest BCUT2D eigenvalue weighted by molar-refractivity contribution is 6.01. The molecule has 4 rings (SSSR count). The molecular weight excluding hydrogens is 316 g/mol. The van der Waals surface area contributed by atoms with Crippen LogP contribution >= 0.6 is 0 Å². The summed E-state index contributed by atoms with van der Waals surface area (Å²) >= 11 is 0. The highest BCUT2D eigenvalue weighted by Gasteiger charge is 2.13. The monoisotopic (exact) mass is 329 g/mol. The van der Waals surface area contributed by atoms with Gasteiger partial charge in [-0.05, 0) is 23.8 Å². The van der Waals surface area contributed by atoms with Crippen LogP contribution in [0.25, 0.3) is 22.3 Å². The van der Waals surface area contributed by atoms with Crippen LogP contribution in [-0.4, -0.2) is 25.7 Å². The highest BCUT2D eigenvalue weighted by Crippen LogP contribution is 2.24. The first kappa shape index (κ1) is 15.0. The third-order valence-electron chi connectivity index (χ3n) is 3.98. The third-order valence-corrected chi connectivity index (χ3v) is 3.98. The van der Waals surface area contributed by atoms with E-state index in [1.54, 1.807) is 17.1 Å². The van der Waals surface area contributed by atoms with Gasteiger partial charge in [-0.1, -0.05) is 30.3 Å². The number of carboxylic acid groups (broad SMARTS) is 1. The molecule has 3 heterocycles. The second-order valence-electron chi connectivity index (χ2n) is 5.60. The van der Waals surface area contributed by atoms with E-state index in [-0.39, 0.29) is 5.56 Å². The number of hydrogen-bond acceptors (Lipinski definition) is 5. The number of rotatable bonds is 4. The lowest BCUT2D eigenvalue weighted by Crippen LogP contribution is -2.22.